The molecule has 0 aliphatic heterocycles. The molecule has 1 atom stereocenters. The lowest BCUT2D eigenvalue weighted by Crippen LogP contribution is -1.95. The van der Waals surface area contributed by atoms with Crippen molar-refractivity contribution >= 4 is 0 Å². The molecule has 0 aromatic carbocycles. The fourth-order valence-corrected chi connectivity index (χ4v) is 6.18. The van der Waals surface area contributed by atoms with Crippen LogP contribution in [0.3, 0.4) is 0 Å². The number of unbranched alkanes of at least 4 members (excludes halogenated alkanes) is 27. The van der Waals surface area contributed by atoms with Gasteiger partial charge in [-0.2, -0.15) is 0 Å². The molecule has 0 aromatic rings. The molecular weight excluding hydrogens is 456 g/mol. The van der Waals surface area contributed by atoms with Gasteiger partial charge in [0.05, 0.1) is 0 Å². The van der Waals surface area contributed by atoms with Gasteiger partial charge in [0.1, 0.15) is 0 Å². The molecule has 38 heavy (non-hydrogen) atoms. The second-order valence-corrected chi connectivity index (χ2v) is 13.8. The molecule has 0 saturated carbocycles. The van der Waals surface area contributed by atoms with Gasteiger partial charge in [0.25, 0.3) is 0 Å². The first-order valence-electron chi connectivity index (χ1n) is 18.7. The average molecular weight is 535 g/mol. The van der Waals surface area contributed by atoms with Gasteiger partial charge in [-0.05, 0) is 11.8 Å². The summed E-state index contributed by atoms with van der Waals surface area (Å²) in [5.74, 6) is 1.86. The third kappa shape index (κ3) is 34.0. The van der Waals surface area contributed by atoms with Crippen molar-refractivity contribution in [1.29, 1.82) is 0 Å². The van der Waals surface area contributed by atoms with E-state index in [1.807, 2.05) is 0 Å². The fourth-order valence-electron chi connectivity index (χ4n) is 6.18. The molecular formula is C38H78. The first kappa shape index (κ1) is 38.0. The highest BCUT2D eigenvalue weighted by atomic mass is 14.1. The summed E-state index contributed by atoms with van der Waals surface area (Å²) in [4.78, 5) is 0. The van der Waals surface area contributed by atoms with Crippen LogP contribution in [0.2, 0.25) is 0 Å². The smallest absolute Gasteiger partial charge is 0.0443 e. The van der Waals surface area contributed by atoms with Crippen LogP contribution in [0.15, 0.2) is 0 Å². The summed E-state index contributed by atoms with van der Waals surface area (Å²) in [7, 11) is 0. The Hall–Kier alpha value is 0. The van der Waals surface area contributed by atoms with E-state index >= 15 is 0 Å². The number of hydrogen-bond acceptors (Lipinski definition) is 0. The zero-order valence-electron chi connectivity index (χ0n) is 27.8. The quantitative estimate of drug-likeness (QED) is 0.0734. The first-order chi connectivity index (χ1) is 18.7. The molecule has 0 aliphatic carbocycles. The second kappa shape index (κ2) is 33.2. The lowest BCUT2D eigenvalue weighted by molar-refractivity contribution is 0.428. The predicted octanol–water partition coefficient (Wildman–Crippen LogP) is 14.8. The maximum Gasteiger partial charge on any atom is -0.0443 e. The van der Waals surface area contributed by atoms with Gasteiger partial charge in [-0.3, -0.25) is 0 Å². The summed E-state index contributed by atoms with van der Waals surface area (Å²) in [6, 6.07) is 0. The topological polar surface area (TPSA) is 0 Å². The minimum atomic E-state index is 0.892. The molecule has 0 aromatic heterocycles. The Kier molecular flexibility index (Phi) is 33.2. The summed E-state index contributed by atoms with van der Waals surface area (Å²) in [6.07, 6.45) is 47.3. The van der Waals surface area contributed by atoms with E-state index in [0.717, 1.165) is 11.8 Å². The third-order valence-electron chi connectivity index (χ3n) is 9.03. The van der Waals surface area contributed by atoms with Crippen molar-refractivity contribution in [3.05, 3.63) is 0 Å². The van der Waals surface area contributed by atoms with Crippen LogP contribution in [0.25, 0.3) is 0 Å². The molecule has 0 spiro atoms. The Morgan fingerprint density at radius 1 is 0.263 bits per heavy atom. The Labute approximate surface area is 244 Å². The van der Waals surface area contributed by atoms with Gasteiger partial charge in [-0.25, -0.2) is 0 Å². The molecule has 0 N–H and O–H groups in total. The first-order valence-corrected chi connectivity index (χ1v) is 18.7. The second-order valence-electron chi connectivity index (χ2n) is 13.8. The molecule has 1 unspecified atom stereocenters. The van der Waals surface area contributed by atoms with E-state index in [9.17, 15) is 0 Å². The molecule has 0 saturated heterocycles. The van der Waals surface area contributed by atoms with E-state index in [-0.39, 0.29) is 0 Å². The average Bonchev–Trinajstić information content (AvgIpc) is 2.90. The lowest BCUT2D eigenvalue weighted by Gasteiger charge is -2.11. The Bertz CT molecular complexity index is 397. The molecule has 0 heterocycles. The molecule has 0 aliphatic rings. The van der Waals surface area contributed by atoms with Crippen molar-refractivity contribution in [3.63, 3.8) is 0 Å². The van der Waals surface area contributed by atoms with Crippen LogP contribution in [0.5, 0.6) is 0 Å². The van der Waals surface area contributed by atoms with Crippen LogP contribution in [0, 0.1) is 11.8 Å². The molecule has 0 amide bonds. The normalized spacial score (nSPS) is 12.6. The highest BCUT2D eigenvalue weighted by Crippen LogP contribution is 2.20. The highest BCUT2D eigenvalue weighted by molar-refractivity contribution is 4.57. The summed E-state index contributed by atoms with van der Waals surface area (Å²) < 4.78 is 0. The van der Waals surface area contributed by atoms with Crippen LogP contribution >= 0.6 is 0 Å². The zero-order valence-corrected chi connectivity index (χ0v) is 27.8. The van der Waals surface area contributed by atoms with E-state index in [0.29, 0.717) is 0 Å². The van der Waals surface area contributed by atoms with Crippen LogP contribution in [-0.2, 0) is 0 Å². The van der Waals surface area contributed by atoms with Crippen LogP contribution in [0.4, 0.5) is 0 Å². The molecule has 0 heteroatoms. The Morgan fingerprint density at radius 2 is 0.474 bits per heavy atom. The van der Waals surface area contributed by atoms with Crippen molar-refractivity contribution in [2.45, 2.75) is 233 Å². The molecule has 0 nitrogen and oxygen atoms in total. The molecule has 0 rings (SSSR count). The van der Waals surface area contributed by atoms with Gasteiger partial charge in [-0.15, -0.1) is 0 Å². The van der Waals surface area contributed by atoms with Gasteiger partial charge in [0.15, 0.2) is 0 Å². The summed E-state index contributed by atoms with van der Waals surface area (Å²) in [5.41, 5.74) is 0. The maximum atomic E-state index is 2.50. The van der Waals surface area contributed by atoms with Gasteiger partial charge in [0.2, 0.25) is 0 Å². The zero-order chi connectivity index (χ0) is 27.8. The SMILES string of the molecule is CCCCCCCCCCCCCCCCCCCCCCCCCCC(C)CCCCCCCC(C)C. The van der Waals surface area contributed by atoms with E-state index in [4.69, 9.17) is 0 Å². The molecule has 0 bridgehead atoms. The van der Waals surface area contributed by atoms with E-state index < -0.39 is 0 Å². The van der Waals surface area contributed by atoms with E-state index in [1.165, 1.54) is 205 Å². The lowest BCUT2D eigenvalue weighted by atomic mass is 9.95. The van der Waals surface area contributed by atoms with Crippen LogP contribution in [-0.4, -0.2) is 0 Å². The highest BCUT2D eigenvalue weighted by Gasteiger charge is 2.03. The van der Waals surface area contributed by atoms with Crippen LogP contribution in [0.1, 0.15) is 233 Å². The van der Waals surface area contributed by atoms with Gasteiger partial charge in [-0.1, -0.05) is 233 Å². The predicted molar refractivity (Wildman–Crippen MR) is 177 cm³/mol. The van der Waals surface area contributed by atoms with Gasteiger partial charge < -0.3 is 0 Å². The number of hydrogen-bond donors (Lipinski definition) is 0. The summed E-state index contributed by atoms with van der Waals surface area (Å²) in [6.45, 7) is 9.51. The van der Waals surface area contributed by atoms with Crippen molar-refractivity contribution in [2.75, 3.05) is 0 Å². The minimum Gasteiger partial charge on any atom is -0.0654 e. The third-order valence-corrected chi connectivity index (χ3v) is 9.03. The molecule has 0 fully saturated rings. The maximum absolute atomic E-state index is 2.50. The van der Waals surface area contributed by atoms with Crippen molar-refractivity contribution in [1.82, 2.24) is 0 Å². The summed E-state index contributed by atoms with van der Waals surface area (Å²) in [5, 5.41) is 0. The molecule has 230 valence electrons. The van der Waals surface area contributed by atoms with Crippen molar-refractivity contribution in [2.24, 2.45) is 11.8 Å². The molecule has 0 radical (unpaired) electrons. The summed E-state index contributed by atoms with van der Waals surface area (Å²) >= 11 is 0. The van der Waals surface area contributed by atoms with E-state index in [1.54, 1.807) is 0 Å². The Morgan fingerprint density at radius 3 is 0.711 bits per heavy atom. The van der Waals surface area contributed by atoms with E-state index in [2.05, 4.69) is 27.7 Å². The van der Waals surface area contributed by atoms with Crippen molar-refractivity contribution < 1.29 is 0 Å². The standard InChI is InChI=1S/C38H78/c1-5-6-7-8-9-10-11-12-13-14-15-16-17-18-19-20-21-22-23-24-25-26-29-32-35-38(4)36-33-30-27-28-31-34-37(2)3/h37-38H,5-36H2,1-4H3. The van der Waals surface area contributed by atoms with Crippen molar-refractivity contribution in [3.8, 4) is 0 Å². The monoisotopic (exact) mass is 535 g/mol. The Balaban J connectivity index is 3.11. The largest absolute Gasteiger partial charge is 0.0654 e. The number of rotatable bonds is 33. The minimum absolute atomic E-state index is 0.892. The van der Waals surface area contributed by atoms with Crippen LogP contribution < -0.4 is 0 Å². The van der Waals surface area contributed by atoms with Gasteiger partial charge >= 0.3 is 0 Å². The van der Waals surface area contributed by atoms with Gasteiger partial charge in [0, 0.05) is 0 Å². The fraction of sp³-hybridized carbons (Fsp3) is 1.00.